The SMILES string of the molecule is Cc1cc(C)cc(-c2cc(Oc3[c-]c4c(cc3)c3ccccc3n4-c3cc(C(C)(C)C)ccn3)[c-]c(N3[CH-]N(c4c(-c5cc(C(C)C)cc(C(C)C)c5)cc(C(C)(C)C)cc4-c4c(F)cc(F)cc4F)c4ccccc43)c2)c1.[Pt]. The topological polar surface area (TPSA) is 33.5 Å². The van der Waals surface area contributed by atoms with Gasteiger partial charge >= 0.3 is 0 Å². The molecule has 10 aromatic rings. The Kier molecular flexibility index (Phi) is 14.6. The van der Waals surface area contributed by atoms with E-state index in [1.54, 1.807) is 0 Å². The van der Waals surface area contributed by atoms with Gasteiger partial charge in [0.15, 0.2) is 0 Å². The fourth-order valence-electron chi connectivity index (χ4n) is 10.8. The normalized spacial score (nSPS) is 12.8. The van der Waals surface area contributed by atoms with Crippen molar-refractivity contribution in [1.29, 1.82) is 0 Å². The van der Waals surface area contributed by atoms with Gasteiger partial charge in [-0.15, -0.1) is 53.6 Å². The Morgan fingerprint density at radius 1 is 0.557 bits per heavy atom. The molecule has 0 radical (unpaired) electrons. The standard InChI is InChI=1S/C70H64F3N4O.Pt/c1-41(2)45-28-46(42(3)4)30-49(29-45)58-33-51(70(10,11)12)34-59(67-60(72)36-52(71)37-61(67)73)68(58)76-40-75(63-19-15-16-20-64(63)76)53-31-48(47-26-43(5)25-44(6)27-47)32-55(38-53)78-54-21-22-57-56-17-13-14-18-62(56)77(65(57)39-54)66-35-50(23-24-74-66)69(7,8)9;/h13-37,40-42H,1-12H3;/q-3;. The van der Waals surface area contributed by atoms with Crippen LogP contribution in [-0.2, 0) is 31.9 Å². The molecule has 9 heteroatoms. The molecule has 0 N–H and O–H groups in total. The maximum atomic E-state index is 16.7. The molecule has 0 saturated heterocycles. The van der Waals surface area contributed by atoms with E-state index in [2.05, 4.69) is 184 Å². The van der Waals surface area contributed by atoms with Crippen molar-refractivity contribution in [2.45, 2.75) is 106 Å². The molecular weight excluding hydrogens is 1160 g/mol. The molecule has 0 unspecified atom stereocenters. The van der Waals surface area contributed by atoms with Crippen LogP contribution in [0.3, 0.4) is 0 Å². The van der Waals surface area contributed by atoms with Crippen LogP contribution in [-0.4, -0.2) is 9.55 Å². The van der Waals surface area contributed by atoms with Crippen LogP contribution < -0.4 is 14.5 Å². The van der Waals surface area contributed by atoms with E-state index < -0.39 is 22.9 Å². The fraction of sp³-hybridized carbons (Fsp3) is 0.229. The first-order valence-electron chi connectivity index (χ1n) is 26.9. The first kappa shape index (κ1) is 54.9. The number of aryl methyl sites for hydroxylation is 2. The zero-order chi connectivity index (χ0) is 55.1. The summed E-state index contributed by atoms with van der Waals surface area (Å²) in [5, 5.41) is 2.10. The third kappa shape index (κ3) is 10.5. The maximum Gasteiger partial charge on any atom is 0.136 e. The van der Waals surface area contributed by atoms with Gasteiger partial charge in [0.05, 0.1) is 5.56 Å². The minimum absolute atomic E-state index is 0. The van der Waals surface area contributed by atoms with Crippen LogP contribution in [0.1, 0.15) is 114 Å². The number of ether oxygens (including phenoxy) is 1. The van der Waals surface area contributed by atoms with Crippen LogP contribution in [0.4, 0.5) is 35.9 Å². The van der Waals surface area contributed by atoms with E-state index in [9.17, 15) is 4.39 Å². The van der Waals surface area contributed by atoms with Crippen molar-refractivity contribution in [2.75, 3.05) is 9.80 Å². The van der Waals surface area contributed by atoms with E-state index in [-0.39, 0.29) is 43.9 Å². The number of benzene rings is 8. The smallest absolute Gasteiger partial charge is 0.136 e. The van der Waals surface area contributed by atoms with Crippen LogP contribution in [0, 0.1) is 50.1 Å². The van der Waals surface area contributed by atoms with Gasteiger partial charge in [0.1, 0.15) is 23.3 Å². The van der Waals surface area contributed by atoms with Gasteiger partial charge in [-0.2, -0.15) is 6.07 Å². The van der Waals surface area contributed by atoms with Crippen molar-refractivity contribution in [3.8, 4) is 50.7 Å². The van der Waals surface area contributed by atoms with Gasteiger partial charge in [-0.25, -0.2) is 18.2 Å². The number of aromatic nitrogens is 2. The molecule has 79 heavy (non-hydrogen) atoms. The van der Waals surface area contributed by atoms with Gasteiger partial charge in [-0.05, 0) is 118 Å². The van der Waals surface area contributed by atoms with E-state index in [1.165, 1.54) is 5.56 Å². The molecule has 0 amide bonds. The van der Waals surface area contributed by atoms with Gasteiger partial charge in [-0.3, -0.25) is 0 Å². The predicted molar refractivity (Wildman–Crippen MR) is 315 cm³/mol. The number of rotatable bonds is 10. The summed E-state index contributed by atoms with van der Waals surface area (Å²) >= 11 is 0. The van der Waals surface area contributed by atoms with Gasteiger partial charge < -0.3 is 19.1 Å². The first-order valence-corrected chi connectivity index (χ1v) is 26.9. The Balaban J connectivity index is 0.00000704. The summed E-state index contributed by atoms with van der Waals surface area (Å²) in [7, 11) is 0. The third-order valence-electron chi connectivity index (χ3n) is 15.0. The maximum absolute atomic E-state index is 16.7. The molecule has 404 valence electrons. The number of halogens is 3. The van der Waals surface area contributed by atoms with Crippen molar-refractivity contribution in [2.24, 2.45) is 0 Å². The number of para-hydroxylation sites is 3. The largest absolute Gasteiger partial charge is 0.509 e. The average Bonchev–Trinajstić information content (AvgIpc) is 3.95. The minimum atomic E-state index is -0.991. The fourth-order valence-corrected chi connectivity index (χ4v) is 10.8. The molecule has 0 bridgehead atoms. The molecule has 0 fully saturated rings. The molecule has 0 aliphatic carbocycles. The molecule has 0 saturated carbocycles. The average molecular weight is 1230 g/mol. The Labute approximate surface area is 478 Å². The molecule has 3 heterocycles. The summed E-state index contributed by atoms with van der Waals surface area (Å²) < 4.78 is 57.3. The second-order valence-electron chi connectivity index (χ2n) is 23.6. The molecule has 1 aliphatic heterocycles. The number of hydrogen-bond donors (Lipinski definition) is 0. The minimum Gasteiger partial charge on any atom is -0.509 e. The van der Waals surface area contributed by atoms with Crippen molar-refractivity contribution in [3.05, 3.63) is 221 Å². The van der Waals surface area contributed by atoms with E-state index in [1.807, 2.05) is 72.4 Å². The number of hydrogen-bond acceptors (Lipinski definition) is 4. The molecule has 0 atom stereocenters. The Hall–Kier alpha value is -7.41. The van der Waals surface area contributed by atoms with Crippen LogP contribution in [0.2, 0.25) is 0 Å². The van der Waals surface area contributed by atoms with Crippen LogP contribution >= 0.6 is 0 Å². The quantitative estimate of drug-likeness (QED) is 0.128. The molecule has 1 aliphatic rings. The van der Waals surface area contributed by atoms with Gasteiger partial charge in [-0.1, -0.05) is 153 Å². The number of fused-ring (bicyclic) bond motifs is 4. The summed E-state index contributed by atoms with van der Waals surface area (Å²) in [4.78, 5) is 8.97. The van der Waals surface area contributed by atoms with Gasteiger partial charge in [0.25, 0.3) is 0 Å². The molecule has 2 aromatic heterocycles. The Morgan fingerprint density at radius 3 is 1.81 bits per heavy atom. The zero-order valence-electron chi connectivity index (χ0n) is 46.8. The summed E-state index contributed by atoms with van der Waals surface area (Å²) in [5.74, 6) is -0.842. The van der Waals surface area contributed by atoms with E-state index in [4.69, 9.17) is 9.72 Å². The molecule has 0 spiro atoms. The Bertz CT molecular complexity index is 3920. The zero-order valence-corrected chi connectivity index (χ0v) is 49.1. The van der Waals surface area contributed by atoms with E-state index >= 15 is 8.78 Å². The predicted octanol–water partition coefficient (Wildman–Crippen LogP) is 19.9. The first-order chi connectivity index (χ1) is 37.1. The second-order valence-corrected chi connectivity index (χ2v) is 23.6. The van der Waals surface area contributed by atoms with Crippen molar-refractivity contribution < 1.29 is 39.0 Å². The number of anilines is 4. The van der Waals surface area contributed by atoms with E-state index in [0.29, 0.717) is 28.4 Å². The summed E-state index contributed by atoms with van der Waals surface area (Å²) in [6, 6.07) is 54.7. The third-order valence-corrected chi connectivity index (χ3v) is 15.0. The van der Waals surface area contributed by atoms with Crippen LogP contribution in [0.25, 0.3) is 61.0 Å². The van der Waals surface area contributed by atoms with Crippen molar-refractivity contribution >= 4 is 44.6 Å². The summed E-state index contributed by atoms with van der Waals surface area (Å²) in [6.45, 7) is 27.7. The Morgan fingerprint density at radius 2 is 1.16 bits per heavy atom. The van der Waals surface area contributed by atoms with Crippen molar-refractivity contribution in [3.63, 3.8) is 0 Å². The second kappa shape index (κ2) is 21.0. The monoisotopic (exact) mass is 1230 g/mol. The van der Waals surface area contributed by atoms with E-state index in [0.717, 1.165) is 101 Å². The van der Waals surface area contributed by atoms with Crippen LogP contribution in [0.5, 0.6) is 11.5 Å². The van der Waals surface area contributed by atoms with Crippen LogP contribution in [0.15, 0.2) is 152 Å². The molecule has 11 rings (SSSR count). The van der Waals surface area contributed by atoms with Gasteiger partial charge in [0, 0.05) is 84.6 Å². The molecule has 8 aromatic carbocycles. The summed E-state index contributed by atoms with van der Waals surface area (Å²) in [6.07, 6.45) is 1.87. The number of nitrogens with zero attached hydrogens (tertiary/aromatic N) is 4. The molecule has 5 nitrogen and oxygen atoms in total. The molecular formula is C70H64F3N4OPt-3. The van der Waals surface area contributed by atoms with Crippen molar-refractivity contribution in [1.82, 2.24) is 9.55 Å². The van der Waals surface area contributed by atoms with Gasteiger partial charge in [0.2, 0.25) is 0 Å². The summed E-state index contributed by atoms with van der Waals surface area (Å²) in [5.41, 5.74) is 14.2. The number of pyridine rings is 1.